The molecule has 0 saturated carbocycles. The summed E-state index contributed by atoms with van der Waals surface area (Å²) in [6, 6.07) is 17.5. The third-order valence-electron chi connectivity index (χ3n) is 4.27. The van der Waals surface area contributed by atoms with Gasteiger partial charge >= 0.3 is 5.97 Å². The van der Waals surface area contributed by atoms with E-state index in [2.05, 4.69) is 0 Å². The summed E-state index contributed by atoms with van der Waals surface area (Å²) < 4.78 is 11.8. The summed E-state index contributed by atoms with van der Waals surface area (Å²) in [6.07, 6.45) is -0.278. The molecule has 2 atom stereocenters. The summed E-state index contributed by atoms with van der Waals surface area (Å²) in [4.78, 5) is 12.9. The summed E-state index contributed by atoms with van der Waals surface area (Å²) in [5.74, 6) is 0.0194. The Kier molecular flexibility index (Phi) is 5.10. The molecule has 2 aromatic rings. The number of hydrogen-bond donors (Lipinski definition) is 0. The van der Waals surface area contributed by atoms with Crippen molar-refractivity contribution in [1.82, 2.24) is 0 Å². The van der Waals surface area contributed by atoms with Crippen molar-refractivity contribution in [2.45, 2.75) is 45.3 Å². The SMILES string of the molecule is CC1=C(C(=O)OC(C)(C)C)C(c2ccc(Cl)cc2)C(c2ccccc2)O1. The quantitative estimate of drug-likeness (QED) is 0.639. The number of halogens is 1. The molecule has 3 nitrogen and oxygen atoms in total. The van der Waals surface area contributed by atoms with Gasteiger partial charge < -0.3 is 9.47 Å². The maximum atomic E-state index is 12.9. The first-order valence-corrected chi connectivity index (χ1v) is 9.05. The molecule has 0 amide bonds. The van der Waals surface area contributed by atoms with E-state index in [4.69, 9.17) is 21.1 Å². The standard InChI is InChI=1S/C22H23ClO3/c1-14-18(21(24)26-22(2,3)4)19(15-10-12-17(23)13-11-15)20(25-14)16-8-6-5-7-9-16/h5-13,19-20H,1-4H3. The smallest absolute Gasteiger partial charge is 0.338 e. The maximum Gasteiger partial charge on any atom is 0.338 e. The lowest BCUT2D eigenvalue weighted by atomic mass is 9.84. The highest BCUT2D eigenvalue weighted by Gasteiger charge is 2.42. The predicted octanol–water partition coefficient (Wildman–Crippen LogP) is 5.81. The fraction of sp³-hybridized carbons (Fsp3) is 0.318. The molecule has 136 valence electrons. The molecule has 2 aromatic carbocycles. The summed E-state index contributed by atoms with van der Waals surface area (Å²) in [7, 11) is 0. The molecule has 0 N–H and O–H groups in total. The molecule has 1 aliphatic rings. The number of hydrogen-bond acceptors (Lipinski definition) is 3. The van der Waals surface area contributed by atoms with Crippen molar-refractivity contribution in [1.29, 1.82) is 0 Å². The van der Waals surface area contributed by atoms with Gasteiger partial charge in [0.05, 0.1) is 11.5 Å². The van der Waals surface area contributed by atoms with Gasteiger partial charge in [-0.2, -0.15) is 0 Å². The zero-order valence-corrected chi connectivity index (χ0v) is 16.2. The molecule has 0 fully saturated rings. The van der Waals surface area contributed by atoms with Gasteiger partial charge in [-0.1, -0.05) is 54.1 Å². The first-order valence-electron chi connectivity index (χ1n) is 8.67. The highest BCUT2D eigenvalue weighted by molar-refractivity contribution is 6.30. The second-order valence-electron chi connectivity index (χ2n) is 7.45. The van der Waals surface area contributed by atoms with Crippen LogP contribution in [0.5, 0.6) is 0 Å². The van der Waals surface area contributed by atoms with Gasteiger partial charge in [-0.3, -0.25) is 0 Å². The molecule has 3 rings (SSSR count). The summed E-state index contributed by atoms with van der Waals surface area (Å²) >= 11 is 6.05. The number of benzene rings is 2. The lowest BCUT2D eigenvalue weighted by Crippen LogP contribution is -2.27. The Bertz CT molecular complexity index is 817. The van der Waals surface area contributed by atoms with E-state index >= 15 is 0 Å². The number of ether oxygens (including phenoxy) is 2. The summed E-state index contributed by atoms with van der Waals surface area (Å²) in [5, 5.41) is 0.656. The molecule has 0 aliphatic carbocycles. The Morgan fingerprint density at radius 1 is 1.00 bits per heavy atom. The number of carbonyl (C=O) groups is 1. The van der Waals surface area contributed by atoms with E-state index in [1.54, 1.807) is 0 Å². The fourth-order valence-corrected chi connectivity index (χ4v) is 3.34. The second kappa shape index (κ2) is 7.16. The molecule has 0 saturated heterocycles. The van der Waals surface area contributed by atoms with Crippen LogP contribution in [0.3, 0.4) is 0 Å². The van der Waals surface area contributed by atoms with Crippen LogP contribution >= 0.6 is 11.6 Å². The molecule has 0 radical (unpaired) electrons. The van der Waals surface area contributed by atoms with Gasteiger partial charge in [0, 0.05) is 5.02 Å². The van der Waals surface area contributed by atoms with Gasteiger partial charge in [-0.05, 0) is 51.0 Å². The molecular formula is C22H23ClO3. The number of allylic oxidation sites excluding steroid dienone is 1. The first kappa shape index (κ1) is 18.5. The number of carbonyl (C=O) groups excluding carboxylic acids is 1. The van der Waals surface area contributed by atoms with Crippen LogP contribution in [0.2, 0.25) is 5.02 Å². The molecule has 1 heterocycles. The number of esters is 1. The lowest BCUT2D eigenvalue weighted by molar-refractivity contribution is -0.150. The molecule has 0 bridgehead atoms. The van der Waals surface area contributed by atoms with Gasteiger partial charge in [0.2, 0.25) is 0 Å². The Morgan fingerprint density at radius 2 is 1.62 bits per heavy atom. The zero-order chi connectivity index (χ0) is 18.9. The minimum absolute atomic E-state index is 0.246. The van der Waals surface area contributed by atoms with E-state index in [0.717, 1.165) is 11.1 Å². The molecule has 2 unspecified atom stereocenters. The van der Waals surface area contributed by atoms with Crippen molar-refractivity contribution in [3.05, 3.63) is 82.1 Å². The van der Waals surface area contributed by atoms with Crippen LogP contribution in [0.15, 0.2) is 65.9 Å². The third kappa shape index (κ3) is 3.94. The van der Waals surface area contributed by atoms with Gasteiger partial charge in [-0.15, -0.1) is 0 Å². The monoisotopic (exact) mass is 370 g/mol. The van der Waals surface area contributed by atoms with Crippen molar-refractivity contribution < 1.29 is 14.3 Å². The number of rotatable bonds is 3. The van der Waals surface area contributed by atoms with Crippen LogP contribution in [0.1, 0.15) is 50.8 Å². The minimum Gasteiger partial charge on any atom is -0.489 e. The topological polar surface area (TPSA) is 35.5 Å². The highest BCUT2D eigenvalue weighted by atomic mass is 35.5. The molecule has 1 aliphatic heterocycles. The average Bonchev–Trinajstić information content (AvgIpc) is 2.92. The third-order valence-corrected chi connectivity index (χ3v) is 4.52. The van der Waals surface area contributed by atoms with Crippen molar-refractivity contribution >= 4 is 17.6 Å². The Morgan fingerprint density at radius 3 is 2.19 bits per heavy atom. The average molecular weight is 371 g/mol. The van der Waals surface area contributed by atoms with E-state index in [0.29, 0.717) is 16.4 Å². The predicted molar refractivity (Wildman–Crippen MR) is 103 cm³/mol. The van der Waals surface area contributed by atoms with E-state index in [1.165, 1.54) is 0 Å². The van der Waals surface area contributed by atoms with Crippen LogP contribution in [0, 0.1) is 0 Å². The van der Waals surface area contributed by atoms with Crippen molar-refractivity contribution in [3.63, 3.8) is 0 Å². The fourth-order valence-electron chi connectivity index (χ4n) is 3.21. The van der Waals surface area contributed by atoms with E-state index in [1.807, 2.05) is 82.3 Å². The van der Waals surface area contributed by atoms with Gasteiger partial charge in [-0.25, -0.2) is 4.79 Å². The normalized spacial score (nSPS) is 20.0. The Balaban J connectivity index is 2.05. The minimum atomic E-state index is -0.570. The van der Waals surface area contributed by atoms with Crippen LogP contribution in [0.4, 0.5) is 0 Å². The van der Waals surface area contributed by atoms with Gasteiger partial charge in [0.25, 0.3) is 0 Å². The Labute approximate surface area is 159 Å². The highest BCUT2D eigenvalue weighted by Crippen LogP contribution is 2.48. The maximum absolute atomic E-state index is 12.9. The van der Waals surface area contributed by atoms with Crippen molar-refractivity contribution in [2.75, 3.05) is 0 Å². The van der Waals surface area contributed by atoms with Crippen LogP contribution in [-0.4, -0.2) is 11.6 Å². The van der Waals surface area contributed by atoms with Crippen LogP contribution in [-0.2, 0) is 14.3 Å². The zero-order valence-electron chi connectivity index (χ0n) is 15.5. The summed E-state index contributed by atoms with van der Waals surface area (Å²) in [5.41, 5.74) is 1.99. The molecule has 0 aromatic heterocycles. The largest absolute Gasteiger partial charge is 0.489 e. The first-order chi connectivity index (χ1) is 12.3. The second-order valence-corrected chi connectivity index (χ2v) is 7.89. The van der Waals surface area contributed by atoms with Gasteiger partial charge in [0.1, 0.15) is 17.5 Å². The van der Waals surface area contributed by atoms with Gasteiger partial charge in [0.15, 0.2) is 0 Å². The molecular weight excluding hydrogens is 348 g/mol. The molecule has 0 spiro atoms. The van der Waals surface area contributed by atoms with E-state index in [9.17, 15) is 4.79 Å². The lowest BCUT2D eigenvalue weighted by Gasteiger charge is -2.24. The Hall–Kier alpha value is -2.26. The van der Waals surface area contributed by atoms with Crippen LogP contribution in [0.25, 0.3) is 0 Å². The molecule has 4 heteroatoms. The van der Waals surface area contributed by atoms with Crippen molar-refractivity contribution in [3.8, 4) is 0 Å². The van der Waals surface area contributed by atoms with E-state index in [-0.39, 0.29) is 18.0 Å². The van der Waals surface area contributed by atoms with Crippen LogP contribution < -0.4 is 0 Å². The molecule has 26 heavy (non-hydrogen) atoms. The van der Waals surface area contributed by atoms with E-state index < -0.39 is 5.60 Å². The van der Waals surface area contributed by atoms with Crippen molar-refractivity contribution in [2.24, 2.45) is 0 Å². The summed E-state index contributed by atoms with van der Waals surface area (Å²) in [6.45, 7) is 7.42.